The number of carbonyl (C=O) groups excluding carboxylic acids is 2. The van der Waals surface area contributed by atoms with Gasteiger partial charge in [0.05, 0.1) is 5.41 Å². The molecule has 2 aromatic rings. The summed E-state index contributed by atoms with van der Waals surface area (Å²) in [6, 6.07) is 18.8. The average Bonchev–Trinajstić information content (AvgIpc) is 2.74. The predicted molar refractivity (Wildman–Crippen MR) is 122 cm³/mol. The lowest BCUT2D eigenvalue weighted by atomic mass is 9.72. The summed E-state index contributed by atoms with van der Waals surface area (Å²) in [5, 5.41) is 0. The Morgan fingerprint density at radius 3 is 2.20 bits per heavy atom. The van der Waals surface area contributed by atoms with Crippen LogP contribution >= 0.6 is 0 Å². The molecule has 0 saturated carbocycles. The monoisotopic (exact) mass is 406 g/mol. The molecule has 0 atom stereocenters. The molecule has 2 aromatic carbocycles. The third-order valence-corrected chi connectivity index (χ3v) is 6.09. The van der Waals surface area contributed by atoms with E-state index < -0.39 is 5.41 Å². The fourth-order valence-corrected chi connectivity index (χ4v) is 4.49. The zero-order valence-corrected chi connectivity index (χ0v) is 18.7. The Bertz CT molecular complexity index is 866. The normalized spacial score (nSPS) is 15.8. The molecule has 0 unspecified atom stereocenters. The Kier molecular flexibility index (Phi) is 6.96. The number of amides is 2. The third-order valence-electron chi connectivity index (χ3n) is 6.09. The van der Waals surface area contributed by atoms with E-state index in [0.29, 0.717) is 44.7 Å². The standard InChI is InChI=1S/C26H34N2O2/c1-20(2)17-24(29)28-15-13-26(14-16-28,25(30)27(3)4)19-21-9-8-12-23(18-21)22-10-6-5-7-11-22/h5-12,18,20H,13-17,19H2,1-4H3. The van der Waals surface area contributed by atoms with Crippen molar-refractivity contribution in [3.8, 4) is 11.1 Å². The smallest absolute Gasteiger partial charge is 0.228 e. The third kappa shape index (κ3) is 5.10. The number of benzene rings is 2. The van der Waals surface area contributed by atoms with Crippen molar-refractivity contribution in [2.45, 2.75) is 39.5 Å². The molecule has 0 N–H and O–H groups in total. The second-order valence-corrected chi connectivity index (χ2v) is 9.20. The molecule has 3 rings (SSSR count). The van der Waals surface area contributed by atoms with Gasteiger partial charge >= 0.3 is 0 Å². The lowest BCUT2D eigenvalue weighted by Crippen LogP contribution is -2.51. The number of nitrogens with zero attached hydrogens (tertiary/aromatic N) is 2. The van der Waals surface area contributed by atoms with E-state index in [1.807, 2.05) is 37.2 Å². The van der Waals surface area contributed by atoms with E-state index in [0.717, 1.165) is 0 Å². The average molecular weight is 407 g/mol. The number of carbonyl (C=O) groups is 2. The molecular weight excluding hydrogens is 372 g/mol. The summed E-state index contributed by atoms with van der Waals surface area (Å²) in [5.74, 6) is 0.735. The molecule has 0 spiro atoms. The Hall–Kier alpha value is -2.62. The van der Waals surface area contributed by atoms with Crippen LogP contribution in [-0.4, -0.2) is 48.8 Å². The van der Waals surface area contributed by atoms with Crippen LogP contribution in [0.25, 0.3) is 11.1 Å². The van der Waals surface area contributed by atoms with Gasteiger partial charge in [-0.05, 0) is 41.9 Å². The minimum atomic E-state index is -0.451. The molecule has 1 fully saturated rings. The summed E-state index contributed by atoms with van der Waals surface area (Å²) in [4.78, 5) is 29.4. The zero-order chi connectivity index (χ0) is 21.7. The maximum atomic E-state index is 13.3. The minimum Gasteiger partial charge on any atom is -0.348 e. The largest absolute Gasteiger partial charge is 0.348 e. The van der Waals surface area contributed by atoms with E-state index >= 15 is 0 Å². The van der Waals surface area contributed by atoms with Crippen molar-refractivity contribution in [3.05, 3.63) is 60.2 Å². The lowest BCUT2D eigenvalue weighted by molar-refractivity contribution is -0.146. The van der Waals surface area contributed by atoms with Gasteiger partial charge in [-0.2, -0.15) is 0 Å². The van der Waals surface area contributed by atoms with Crippen molar-refractivity contribution in [1.82, 2.24) is 9.80 Å². The molecular formula is C26H34N2O2. The highest BCUT2D eigenvalue weighted by molar-refractivity contribution is 5.83. The molecule has 1 aliphatic rings. The number of hydrogen-bond donors (Lipinski definition) is 0. The fourth-order valence-electron chi connectivity index (χ4n) is 4.49. The second kappa shape index (κ2) is 9.46. The molecule has 0 aliphatic carbocycles. The van der Waals surface area contributed by atoms with Gasteiger partial charge in [0.1, 0.15) is 0 Å². The summed E-state index contributed by atoms with van der Waals surface area (Å²) in [5.41, 5.74) is 3.08. The molecule has 1 aliphatic heterocycles. The number of piperidine rings is 1. The highest BCUT2D eigenvalue weighted by atomic mass is 16.2. The van der Waals surface area contributed by atoms with E-state index in [1.165, 1.54) is 16.7 Å². The first-order chi connectivity index (χ1) is 14.3. The summed E-state index contributed by atoms with van der Waals surface area (Å²) in [6.45, 7) is 5.45. The SMILES string of the molecule is CC(C)CC(=O)N1CCC(Cc2cccc(-c3ccccc3)c2)(C(=O)N(C)C)CC1. The molecule has 0 bridgehead atoms. The first-order valence-electron chi connectivity index (χ1n) is 10.9. The van der Waals surface area contributed by atoms with E-state index in [9.17, 15) is 9.59 Å². The van der Waals surface area contributed by atoms with Gasteiger partial charge in [0, 0.05) is 33.6 Å². The van der Waals surface area contributed by atoms with Crippen molar-refractivity contribution >= 4 is 11.8 Å². The Balaban J connectivity index is 1.81. The van der Waals surface area contributed by atoms with Crippen LogP contribution in [0, 0.1) is 11.3 Å². The Labute approximate surface area is 180 Å². The van der Waals surface area contributed by atoms with Crippen LogP contribution in [0.1, 0.15) is 38.7 Å². The predicted octanol–water partition coefficient (Wildman–Crippen LogP) is 4.64. The molecule has 2 amide bonds. The van der Waals surface area contributed by atoms with E-state index in [2.05, 4.69) is 50.2 Å². The summed E-state index contributed by atoms with van der Waals surface area (Å²) < 4.78 is 0. The first kappa shape index (κ1) is 22.1. The van der Waals surface area contributed by atoms with Gasteiger partial charge in [0.25, 0.3) is 0 Å². The van der Waals surface area contributed by atoms with Crippen LogP contribution in [-0.2, 0) is 16.0 Å². The molecule has 0 radical (unpaired) electrons. The highest BCUT2D eigenvalue weighted by Gasteiger charge is 2.43. The molecule has 160 valence electrons. The highest BCUT2D eigenvalue weighted by Crippen LogP contribution is 2.38. The first-order valence-corrected chi connectivity index (χ1v) is 10.9. The van der Waals surface area contributed by atoms with E-state index in [4.69, 9.17) is 0 Å². The van der Waals surface area contributed by atoms with Gasteiger partial charge in [0.2, 0.25) is 11.8 Å². The minimum absolute atomic E-state index is 0.170. The Morgan fingerprint density at radius 1 is 0.967 bits per heavy atom. The van der Waals surface area contributed by atoms with Crippen LogP contribution in [0.4, 0.5) is 0 Å². The summed E-state index contributed by atoms with van der Waals surface area (Å²) >= 11 is 0. The Morgan fingerprint density at radius 2 is 1.60 bits per heavy atom. The van der Waals surface area contributed by atoms with Crippen LogP contribution in [0.15, 0.2) is 54.6 Å². The fraction of sp³-hybridized carbons (Fsp3) is 0.462. The van der Waals surface area contributed by atoms with Crippen molar-refractivity contribution < 1.29 is 9.59 Å². The van der Waals surface area contributed by atoms with Gasteiger partial charge in [-0.25, -0.2) is 0 Å². The van der Waals surface area contributed by atoms with Gasteiger partial charge in [-0.1, -0.05) is 68.4 Å². The van der Waals surface area contributed by atoms with Crippen LogP contribution in [0.3, 0.4) is 0 Å². The molecule has 1 heterocycles. The molecule has 4 nitrogen and oxygen atoms in total. The quantitative estimate of drug-likeness (QED) is 0.701. The summed E-state index contributed by atoms with van der Waals surface area (Å²) in [6.07, 6.45) is 2.71. The molecule has 4 heteroatoms. The van der Waals surface area contributed by atoms with Crippen molar-refractivity contribution in [2.24, 2.45) is 11.3 Å². The van der Waals surface area contributed by atoms with Gasteiger partial charge < -0.3 is 9.80 Å². The van der Waals surface area contributed by atoms with Crippen LogP contribution in [0.5, 0.6) is 0 Å². The zero-order valence-electron chi connectivity index (χ0n) is 18.7. The second-order valence-electron chi connectivity index (χ2n) is 9.20. The number of rotatable bonds is 6. The lowest BCUT2D eigenvalue weighted by Gasteiger charge is -2.42. The van der Waals surface area contributed by atoms with Crippen molar-refractivity contribution in [3.63, 3.8) is 0 Å². The maximum Gasteiger partial charge on any atom is 0.228 e. The van der Waals surface area contributed by atoms with Crippen molar-refractivity contribution in [1.29, 1.82) is 0 Å². The maximum absolute atomic E-state index is 13.3. The van der Waals surface area contributed by atoms with Gasteiger partial charge in [-0.15, -0.1) is 0 Å². The molecule has 1 saturated heterocycles. The topological polar surface area (TPSA) is 40.6 Å². The molecule has 0 aromatic heterocycles. The van der Waals surface area contributed by atoms with E-state index in [-0.39, 0.29) is 11.8 Å². The van der Waals surface area contributed by atoms with Gasteiger partial charge in [-0.3, -0.25) is 9.59 Å². The van der Waals surface area contributed by atoms with Crippen LogP contribution < -0.4 is 0 Å². The van der Waals surface area contributed by atoms with Crippen LogP contribution in [0.2, 0.25) is 0 Å². The van der Waals surface area contributed by atoms with Gasteiger partial charge in [0.15, 0.2) is 0 Å². The summed E-state index contributed by atoms with van der Waals surface area (Å²) in [7, 11) is 3.67. The molecule has 30 heavy (non-hydrogen) atoms. The number of likely N-dealkylation sites (tertiary alicyclic amines) is 1. The number of hydrogen-bond acceptors (Lipinski definition) is 2. The van der Waals surface area contributed by atoms with Crippen molar-refractivity contribution in [2.75, 3.05) is 27.2 Å². The van der Waals surface area contributed by atoms with E-state index in [1.54, 1.807) is 4.90 Å².